The van der Waals surface area contributed by atoms with E-state index in [1.807, 2.05) is 6.92 Å². The first kappa shape index (κ1) is 18.0. The van der Waals surface area contributed by atoms with E-state index in [4.69, 9.17) is 9.47 Å². The second-order valence-electron chi connectivity index (χ2n) is 5.31. The van der Waals surface area contributed by atoms with Gasteiger partial charge in [0.05, 0.1) is 13.7 Å². The molecule has 0 aliphatic rings. The maximum Gasteiger partial charge on any atom is 0.123 e. The van der Waals surface area contributed by atoms with Crippen LogP contribution in [-0.4, -0.2) is 51.9 Å². The second kappa shape index (κ2) is 9.77. The van der Waals surface area contributed by atoms with E-state index in [9.17, 15) is 0 Å². The van der Waals surface area contributed by atoms with Gasteiger partial charge in [0, 0.05) is 31.3 Å². The largest absolute Gasteiger partial charge is 0.496 e. The molecule has 120 valence electrons. The SMILES string of the molecule is CCNC(CN(C)CCOCC)c1cc(C)ccc1OC. The van der Waals surface area contributed by atoms with Gasteiger partial charge < -0.3 is 19.7 Å². The summed E-state index contributed by atoms with van der Waals surface area (Å²) in [5, 5.41) is 3.56. The topological polar surface area (TPSA) is 33.7 Å². The van der Waals surface area contributed by atoms with Gasteiger partial charge in [0.2, 0.25) is 0 Å². The van der Waals surface area contributed by atoms with Crippen LogP contribution >= 0.6 is 0 Å². The molecule has 0 saturated carbocycles. The molecule has 1 rings (SSSR count). The highest BCUT2D eigenvalue weighted by Gasteiger charge is 2.17. The third kappa shape index (κ3) is 6.04. The molecule has 0 aliphatic carbocycles. The zero-order chi connectivity index (χ0) is 15.7. The Morgan fingerprint density at radius 1 is 1.29 bits per heavy atom. The lowest BCUT2D eigenvalue weighted by molar-refractivity contribution is 0.119. The third-order valence-corrected chi connectivity index (χ3v) is 3.53. The van der Waals surface area contributed by atoms with Gasteiger partial charge >= 0.3 is 0 Å². The van der Waals surface area contributed by atoms with Crippen molar-refractivity contribution in [1.29, 1.82) is 0 Å². The molecule has 0 heterocycles. The molecular formula is C17H30N2O2. The minimum Gasteiger partial charge on any atom is -0.496 e. The zero-order valence-electron chi connectivity index (χ0n) is 14.1. The lowest BCUT2D eigenvalue weighted by Crippen LogP contribution is -2.35. The van der Waals surface area contributed by atoms with Crippen LogP contribution in [0.4, 0.5) is 0 Å². The highest BCUT2D eigenvalue weighted by Crippen LogP contribution is 2.26. The van der Waals surface area contributed by atoms with Gasteiger partial charge in [0.15, 0.2) is 0 Å². The summed E-state index contributed by atoms with van der Waals surface area (Å²) in [7, 11) is 3.86. The van der Waals surface area contributed by atoms with Gasteiger partial charge in [-0.25, -0.2) is 0 Å². The average molecular weight is 294 g/mol. The van der Waals surface area contributed by atoms with Crippen LogP contribution in [0.1, 0.15) is 31.0 Å². The summed E-state index contributed by atoms with van der Waals surface area (Å²) in [4.78, 5) is 2.30. The van der Waals surface area contributed by atoms with Gasteiger partial charge in [-0.15, -0.1) is 0 Å². The zero-order valence-corrected chi connectivity index (χ0v) is 14.1. The summed E-state index contributed by atoms with van der Waals surface area (Å²) < 4.78 is 11.0. The van der Waals surface area contributed by atoms with Crippen LogP contribution in [-0.2, 0) is 4.74 Å². The van der Waals surface area contributed by atoms with Crippen molar-refractivity contribution in [3.05, 3.63) is 29.3 Å². The van der Waals surface area contributed by atoms with E-state index in [1.54, 1.807) is 7.11 Å². The number of ether oxygens (including phenoxy) is 2. The first-order chi connectivity index (χ1) is 10.1. The van der Waals surface area contributed by atoms with Crippen LogP contribution in [0.2, 0.25) is 0 Å². The van der Waals surface area contributed by atoms with Crippen molar-refractivity contribution < 1.29 is 9.47 Å². The van der Waals surface area contributed by atoms with E-state index in [0.29, 0.717) is 0 Å². The van der Waals surface area contributed by atoms with E-state index in [0.717, 1.165) is 38.6 Å². The summed E-state index contributed by atoms with van der Waals surface area (Å²) in [5.41, 5.74) is 2.48. The molecule has 1 aromatic carbocycles. The van der Waals surface area contributed by atoms with E-state index in [2.05, 4.69) is 49.3 Å². The molecule has 4 heteroatoms. The average Bonchev–Trinajstić information content (AvgIpc) is 2.47. The molecule has 1 unspecified atom stereocenters. The van der Waals surface area contributed by atoms with E-state index >= 15 is 0 Å². The van der Waals surface area contributed by atoms with E-state index in [-0.39, 0.29) is 6.04 Å². The Hall–Kier alpha value is -1.10. The van der Waals surface area contributed by atoms with Gasteiger partial charge in [0.25, 0.3) is 0 Å². The molecule has 1 N–H and O–H groups in total. The predicted molar refractivity (Wildman–Crippen MR) is 88.1 cm³/mol. The first-order valence-corrected chi connectivity index (χ1v) is 7.76. The van der Waals surface area contributed by atoms with E-state index in [1.165, 1.54) is 11.1 Å². The Kier molecular flexibility index (Phi) is 8.35. The molecular weight excluding hydrogens is 264 g/mol. The fraction of sp³-hybridized carbons (Fsp3) is 0.647. The number of nitrogens with zero attached hydrogens (tertiary/aromatic N) is 1. The number of methoxy groups -OCH3 is 1. The molecule has 1 aromatic rings. The molecule has 0 saturated heterocycles. The number of aryl methyl sites for hydroxylation is 1. The molecule has 1 atom stereocenters. The molecule has 0 aromatic heterocycles. The van der Waals surface area contributed by atoms with Crippen LogP contribution in [0, 0.1) is 6.92 Å². The van der Waals surface area contributed by atoms with E-state index < -0.39 is 0 Å². The van der Waals surface area contributed by atoms with Crippen molar-refractivity contribution in [2.45, 2.75) is 26.8 Å². The number of hydrogen-bond acceptors (Lipinski definition) is 4. The van der Waals surface area contributed by atoms with Crippen LogP contribution in [0.15, 0.2) is 18.2 Å². The van der Waals surface area contributed by atoms with Crippen molar-refractivity contribution in [3.63, 3.8) is 0 Å². The van der Waals surface area contributed by atoms with Crippen LogP contribution in [0.5, 0.6) is 5.75 Å². The van der Waals surface area contributed by atoms with Crippen LogP contribution in [0.25, 0.3) is 0 Å². The van der Waals surface area contributed by atoms with Crippen molar-refractivity contribution >= 4 is 0 Å². The summed E-state index contributed by atoms with van der Waals surface area (Å²) >= 11 is 0. The Balaban J connectivity index is 2.78. The Bertz CT molecular complexity index is 410. The monoisotopic (exact) mass is 294 g/mol. The molecule has 0 radical (unpaired) electrons. The van der Waals surface area contributed by atoms with Gasteiger partial charge in [-0.05, 0) is 33.5 Å². The summed E-state index contributed by atoms with van der Waals surface area (Å²) in [5.74, 6) is 0.949. The summed E-state index contributed by atoms with van der Waals surface area (Å²) in [6, 6.07) is 6.61. The molecule has 4 nitrogen and oxygen atoms in total. The standard InChI is InChI=1S/C17H30N2O2/c1-6-18-16(13-19(4)10-11-21-7-2)15-12-14(3)8-9-17(15)20-5/h8-9,12,16,18H,6-7,10-11,13H2,1-5H3. The van der Waals surface area contributed by atoms with Crippen molar-refractivity contribution in [1.82, 2.24) is 10.2 Å². The quantitative estimate of drug-likeness (QED) is 0.673. The maximum atomic E-state index is 5.52. The van der Waals surface area contributed by atoms with Crippen molar-refractivity contribution in [2.75, 3.05) is 47.0 Å². The number of nitrogens with one attached hydrogen (secondary N) is 1. The highest BCUT2D eigenvalue weighted by atomic mass is 16.5. The maximum absolute atomic E-state index is 5.52. The number of likely N-dealkylation sites (N-methyl/N-ethyl adjacent to an activating group) is 2. The molecule has 0 bridgehead atoms. The van der Waals surface area contributed by atoms with Crippen LogP contribution < -0.4 is 10.1 Å². The van der Waals surface area contributed by atoms with Gasteiger partial charge in [0.1, 0.15) is 5.75 Å². The second-order valence-corrected chi connectivity index (χ2v) is 5.31. The molecule has 0 amide bonds. The summed E-state index contributed by atoms with van der Waals surface area (Å²) in [6.07, 6.45) is 0. The fourth-order valence-electron chi connectivity index (χ4n) is 2.41. The van der Waals surface area contributed by atoms with Crippen molar-refractivity contribution in [3.8, 4) is 5.75 Å². The first-order valence-electron chi connectivity index (χ1n) is 7.76. The minimum atomic E-state index is 0.261. The Labute approximate surface area is 129 Å². The Morgan fingerprint density at radius 3 is 2.67 bits per heavy atom. The van der Waals surface area contributed by atoms with Gasteiger partial charge in [-0.2, -0.15) is 0 Å². The lowest BCUT2D eigenvalue weighted by Gasteiger charge is -2.26. The summed E-state index contributed by atoms with van der Waals surface area (Å²) in [6.45, 7) is 10.6. The number of rotatable bonds is 10. The van der Waals surface area contributed by atoms with Crippen LogP contribution in [0.3, 0.4) is 0 Å². The minimum absolute atomic E-state index is 0.261. The number of benzene rings is 1. The Morgan fingerprint density at radius 2 is 2.05 bits per heavy atom. The fourth-order valence-corrected chi connectivity index (χ4v) is 2.41. The predicted octanol–water partition coefficient (Wildman–Crippen LogP) is 2.62. The number of hydrogen-bond donors (Lipinski definition) is 1. The molecule has 0 fully saturated rings. The highest BCUT2D eigenvalue weighted by molar-refractivity contribution is 5.39. The van der Waals surface area contributed by atoms with Gasteiger partial charge in [-0.3, -0.25) is 0 Å². The smallest absolute Gasteiger partial charge is 0.123 e. The third-order valence-electron chi connectivity index (χ3n) is 3.53. The lowest BCUT2D eigenvalue weighted by atomic mass is 10.0. The van der Waals surface area contributed by atoms with Gasteiger partial charge in [-0.1, -0.05) is 24.6 Å². The molecule has 0 spiro atoms. The van der Waals surface area contributed by atoms with Crippen molar-refractivity contribution in [2.24, 2.45) is 0 Å². The molecule has 0 aliphatic heterocycles. The normalized spacial score (nSPS) is 12.7. The molecule has 21 heavy (non-hydrogen) atoms.